The molecular weight excluding hydrogens is 374 g/mol. The van der Waals surface area contributed by atoms with Crippen LogP contribution in [-0.4, -0.2) is 85.1 Å². The Morgan fingerprint density at radius 3 is 2.33 bits per heavy atom. The summed E-state index contributed by atoms with van der Waals surface area (Å²) in [5.74, 6) is -0.722. The van der Waals surface area contributed by atoms with Crippen LogP contribution in [0.3, 0.4) is 0 Å². The van der Waals surface area contributed by atoms with Crippen LogP contribution in [0.4, 0.5) is 0 Å². The Bertz CT molecular complexity index is 781. The van der Waals surface area contributed by atoms with Gasteiger partial charge in [0.25, 0.3) is 0 Å². The number of piperidine rings is 1. The highest BCUT2D eigenvalue weighted by molar-refractivity contribution is 7.89. The number of sulfonamides is 1. The number of piperazine rings is 1. The number of hydrogen-bond donors (Lipinski definition) is 0. The molecule has 3 heterocycles. The van der Waals surface area contributed by atoms with Crippen LogP contribution in [0, 0.1) is 0 Å². The van der Waals surface area contributed by atoms with Crippen molar-refractivity contribution in [1.82, 2.24) is 14.1 Å². The molecular formula is C17H23N3O6S. The fraction of sp³-hybridized carbons (Fsp3) is 0.588. The zero-order valence-corrected chi connectivity index (χ0v) is 15.8. The number of amides is 2. The van der Waals surface area contributed by atoms with Crippen molar-refractivity contribution in [2.24, 2.45) is 0 Å². The first-order valence-electron chi connectivity index (χ1n) is 8.97. The molecule has 0 unspecified atom stereocenters. The molecule has 1 aromatic rings. The largest absolute Gasteiger partial charge is 0.461 e. The van der Waals surface area contributed by atoms with Crippen LogP contribution < -0.4 is 0 Å². The van der Waals surface area contributed by atoms with Gasteiger partial charge < -0.3 is 4.42 Å². The quantitative estimate of drug-likeness (QED) is 0.469. The van der Waals surface area contributed by atoms with Gasteiger partial charge in [-0.25, -0.2) is 8.42 Å². The van der Waals surface area contributed by atoms with Gasteiger partial charge in [0.1, 0.15) is 0 Å². The summed E-state index contributed by atoms with van der Waals surface area (Å²) in [4.78, 5) is 38.6. The molecule has 2 aliphatic heterocycles. The minimum atomic E-state index is -3.57. The number of hydrogen-bond acceptors (Lipinski definition) is 7. The van der Waals surface area contributed by atoms with E-state index < -0.39 is 10.0 Å². The Hall–Kier alpha value is -2.04. The van der Waals surface area contributed by atoms with E-state index >= 15 is 0 Å². The molecule has 1 aromatic heterocycles. The molecule has 2 aliphatic rings. The maximum absolute atomic E-state index is 12.5. The first-order chi connectivity index (χ1) is 12.9. The molecule has 0 radical (unpaired) electrons. The number of furan rings is 1. The summed E-state index contributed by atoms with van der Waals surface area (Å²) in [5, 5.41) is 0. The molecule has 0 bridgehead atoms. The van der Waals surface area contributed by atoms with Crippen LogP contribution in [-0.2, 0) is 19.6 Å². The summed E-state index contributed by atoms with van der Waals surface area (Å²) in [6.45, 7) is 1.50. The zero-order valence-electron chi connectivity index (χ0n) is 15.0. The maximum atomic E-state index is 12.5. The lowest BCUT2D eigenvalue weighted by molar-refractivity contribution is -0.147. The summed E-state index contributed by atoms with van der Waals surface area (Å²) >= 11 is 0. The van der Waals surface area contributed by atoms with Gasteiger partial charge in [0.05, 0.1) is 18.6 Å². The third-order valence-corrected chi connectivity index (χ3v) is 6.69. The Labute approximate surface area is 157 Å². The van der Waals surface area contributed by atoms with Gasteiger partial charge in [0.15, 0.2) is 5.76 Å². The minimum Gasteiger partial charge on any atom is -0.461 e. The smallest absolute Gasteiger partial charge is 0.229 e. The molecule has 0 aromatic carbocycles. The van der Waals surface area contributed by atoms with E-state index in [0.29, 0.717) is 25.3 Å². The Kier molecular flexibility index (Phi) is 6.08. The molecule has 0 N–H and O–H groups in total. The van der Waals surface area contributed by atoms with Crippen molar-refractivity contribution in [2.75, 3.05) is 45.0 Å². The first-order valence-corrected chi connectivity index (χ1v) is 10.6. The van der Waals surface area contributed by atoms with Crippen molar-refractivity contribution in [2.45, 2.75) is 19.3 Å². The number of imide groups is 1. The number of likely N-dealkylation sites (tertiary alicyclic amines) is 1. The fourth-order valence-corrected chi connectivity index (χ4v) is 4.66. The summed E-state index contributed by atoms with van der Waals surface area (Å²) in [5.41, 5.74) is 0. The maximum Gasteiger partial charge on any atom is 0.229 e. The Morgan fingerprint density at radius 1 is 1.07 bits per heavy atom. The molecule has 0 spiro atoms. The lowest BCUT2D eigenvalue weighted by Crippen LogP contribution is -2.51. The second-order valence-electron chi connectivity index (χ2n) is 6.68. The normalized spacial score (nSPS) is 20.2. The predicted molar refractivity (Wildman–Crippen MR) is 95.4 cm³/mol. The number of ketones is 1. The van der Waals surface area contributed by atoms with Gasteiger partial charge in [-0.3, -0.25) is 24.2 Å². The van der Waals surface area contributed by atoms with Crippen LogP contribution in [0.1, 0.15) is 29.8 Å². The molecule has 2 saturated heterocycles. The topological polar surface area (TPSA) is 108 Å². The van der Waals surface area contributed by atoms with Crippen LogP contribution in [0.5, 0.6) is 0 Å². The molecule has 0 aliphatic carbocycles. The number of carbonyl (C=O) groups excluding carboxylic acids is 3. The van der Waals surface area contributed by atoms with Crippen molar-refractivity contribution in [3.63, 3.8) is 0 Å². The number of nitrogens with zero attached hydrogens (tertiary/aromatic N) is 3. The van der Waals surface area contributed by atoms with Gasteiger partial charge in [0, 0.05) is 45.6 Å². The number of rotatable bonds is 7. The van der Waals surface area contributed by atoms with E-state index in [1.165, 1.54) is 10.6 Å². The Balaban J connectivity index is 1.48. The van der Waals surface area contributed by atoms with E-state index in [1.54, 1.807) is 12.1 Å². The average molecular weight is 397 g/mol. The van der Waals surface area contributed by atoms with E-state index in [-0.39, 0.29) is 62.4 Å². The highest BCUT2D eigenvalue weighted by Gasteiger charge is 2.31. The minimum absolute atomic E-state index is 0.100. The molecule has 9 nitrogen and oxygen atoms in total. The molecule has 148 valence electrons. The SMILES string of the molecule is O=C(CN1CCN(S(=O)(=O)CCN2C(=O)CCCC2=O)CC1)c1ccco1. The van der Waals surface area contributed by atoms with Gasteiger partial charge in [-0.05, 0) is 18.6 Å². The monoisotopic (exact) mass is 397 g/mol. The third kappa shape index (κ3) is 4.82. The van der Waals surface area contributed by atoms with Crippen LogP contribution >= 0.6 is 0 Å². The van der Waals surface area contributed by atoms with E-state index in [4.69, 9.17) is 4.42 Å². The molecule has 27 heavy (non-hydrogen) atoms. The van der Waals surface area contributed by atoms with Gasteiger partial charge >= 0.3 is 0 Å². The highest BCUT2D eigenvalue weighted by Crippen LogP contribution is 2.14. The van der Waals surface area contributed by atoms with Gasteiger partial charge in [-0.15, -0.1) is 0 Å². The number of Topliss-reactive ketones (excluding diaryl/α,β-unsaturated/α-hetero) is 1. The molecule has 3 rings (SSSR count). The van der Waals surface area contributed by atoms with Gasteiger partial charge in [0.2, 0.25) is 27.6 Å². The van der Waals surface area contributed by atoms with Crippen LogP contribution in [0.15, 0.2) is 22.8 Å². The summed E-state index contributed by atoms with van der Waals surface area (Å²) < 4.78 is 31.5. The lowest BCUT2D eigenvalue weighted by Gasteiger charge is -2.34. The zero-order chi connectivity index (χ0) is 19.4. The van der Waals surface area contributed by atoms with Crippen molar-refractivity contribution >= 4 is 27.6 Å². The Morgan fingerprint density at radius 2 is 1.74 bits per heavy atom. The molecule has 2 amide bonds. The van der Waals surface area contributed by atoms with Crippen molar-refractivity contribution in [1.29, 1.82) is 0 Å². The second kappa shape index (κ2) is 8.32. The van der Waals surface area contributed by atoms with Crippen molar-refractivity contribution in [3.05, 3.63) is 24.2 Å². The average Bonchev–Trinajstić information content (AvgIpc) is 3.16. The first kappa shape index (κ1) is 19.7. The molecule has 0 atom stereocenters. The van der Waals surface area contributed by atoms with E-state index in [2.05, 4.69) is 0 Å². The van der Waals surface area contributed by atoms with Gasteiger partial charge in [-0.1, -0.05) is 0 Å². The summed E-state index contributed by atoms with van der Waals surface area (Å²) in [6, 6.07) is 3.25. The lowest BCUT2D eigenvalue weighted by atomic mass is 10.1. The van der Waals surface area contributed by atoms with Crippen molar-refractivity contribution < 1.29 is 27.2 Å². The predicted octanol–water partition coefficient (Wildman–Crippen LogP) is -0.0512. The van der Waals surface area contributed by atoms with Gasteiger partial charge in [-0.2, -0.15) is 4.31 Å². The molecule has 0 saturated carbocycles. The molecule has 10 heteroatoms. The summed E-state index contributed by atoms with van der Waals surface area (Å²) in [6.07, 6.45) is 2.54. The highest BCUT2D eigenvalue weighted by atomic mass is 32.2. The third-order valence-electron chi connectivity index (χ3n) is 4.84. The standard InChI is InChI=1S/C17H23N3O6S/c21-14(15-3-2-11-26-15)13-18-6-8-19(9-7-18)27(24,25)12-10-20-16(22)4-1-5-17(20)23/h2-3,11H,1,4-10,12-13H2. The van der Waals surface area contributed by atoms with Crippen molar-refractivity contribution in [3.8, 4) is 0 Å². The van der Waals surface area contributed by atoms with E-state index in [0.717, 1.165) is 4.90 Å². The van der Waals surface area contributed by atoms with E-state index in [9.17, 15) is 22.8 Å². The van der Waals surface area contributed by atoms with Crippen LogP contribution in [0.2, 0.25) is 0 Å². The molecule has 2 fully saturated rings. The summed E-state index contributed by atoms with van der Waals surface area (Å²) in [7, 11) is -3.57. The fourth-order valence-electron chi connectivity index (χ4n) is 3.27. The van der Waals surface area contributed by atoms with Crippen LogP contribution in [0.25, 0.3) is 0 Å². The number of carbonyl (C=O) groups is 3. The van der Waals surface area contributed by atoms with E-state index in [1.807, 2.05) is 4.90 Å². The second-order valence-corrected chi connectivity index (χ2v) is 8.77.